The molecule has 0 aromatic carbocycles. The molecule has 96 valence electrons. The predicted octanol–water partition coefficient (Wildman–Crippen LogP) is 1.26. The van der Waals surface area contributed by atoms with Gasteiger partial charge in [-0.25, -0.2) is 0 Å². The number of aryl methyl sites for hydroxylation is 1. The average Bonchev–Trinajstić information content (AvgIpc) is 2.92. The smallest absolute Gasteiger partial charge is 0.254 e. The molecule has 0 radical (unpaired) electrons. The molecule has 0 spiro atoms. The molecule has 2 fully saturated rings. The summed E-state index contributed by atoms with van der Waals surface area (Å²) in [6, 6.07) is 3.17. The first-order valence-electron chi connectivity index (χ1n) is 6.61. The standard InChI is InChI=1S/C14H18N2O2/c1-15-6-5-10(7-13(15)17)14(18)16-8-11-3-2-4-12(11)9-16/h5-7,11-12H,2-4,8-9H2,1H3. The van der Waals surface area contributed by atoms with E-state index in [2.05, 4.69) is 0 Å². The Bertz CT molecular complexity index is 523. The van der Waals surface area contributed by atoms with E-state index in [1.54, 1.807) is 19.3 Å². The van der Waals surface area contributed by atoms with E-state index in [4.69, 9.17) is 0 Å². The van der Waals surface area contributed by atoms with Crippen LogP contribution in [0.1, 0.15) is 29.6 Å². The highest BCUT2D eigenvalue weighted by Crippen LogP contribution is 2.38. The summed E-state index contributed by atoms with van der Waals surface area (Å²) in [5.41, 5.74) is 0.401. The molecule has 2 aliphatic rings. The number of likely N-dealkylation sites (tertiary alicyclic amines) is 1. The lowest BCUT2D eigenvalue weighted by Crippen LogP contribution is -2.30. The summed E-state index contributed by atoms with van der Waals surface area (Å²) >= 11 is 0. The van der Waals surface area contributed by atoms with E-state index in [-0.39, 0.29) is 11.5 Å². The van der Waals surface area contributed by atoms with Crippen molar-refractivity contribution in [2.75, 3.05) is 13.1 Å². The van der Waals surface area contributed by atoms with Crippen molar-refractivity contribution in [1.82, 2.24) is 9.47 Å². The summed E-state index contributed by atoms with van der Waals surface area (Å²) in [5.74, 6) is 1.41. The molecule has 1 saturated heterocycles. The lowest BCUT2D eigenvalue weighted by molar-refractivity contribution is 0.0780. The highest BCUT2D eigenvalue weighted by Gasteiger charge is 2.38. The maximum Gasteiger partial charge on any atom is 0.254 e. The van der Waals surface area contributed by atoms with Crippen LogP contribution in [-0.4, -0.2) is 28.5 Å². The molecular formula is C14H18N2O2. The molecule has 4 heteroatoms. The molecule has 0 bridgehead atoms. The Hall–Kier alpha value is -1.58. The number of nitrogens with zero attached hydrogens (tertiary/aromatic N) is 2. The predicted molar refractivity (Wildman–Crippen MR) is 68.4 cm³/mol. The van der Waals surface area contributed by atoms with Gasteiger partial charge in [0.25, 0.3) is 11.5 Å². The van der Waals surface area contributed by atoms with E-state index in [0.29, 0.717) is 17.4 Å². The number of pyridine rings is 1. The highest BCUT2D eigenvalue weighted by atomic mass is 16.2. The Morgan fingerprint density at radius 1 is 1.28 bits per heavy atom. The quantitative estimate of drug-likeness (QED) is 0.748. The topological polar surface area (TPSA) is 42.3 Å². The van der Waals surface area contributed by atoms with Gasteiger partial charge in [0.15, 0.2) is 0 Å². The van der Waals surface area contributed by atoms with E-state index in [9.17, 15) is 9.59 Å². The zero-order chi connectivity index (χ0) is 12.7. The fourth-order valence-electron chi connectivity index (χ4n) is 3.26. The van der Waals surface area contributed by atoms with Gasteiger partial charge in [-0.3, -0.25) is 9.59 Å². The molecule has 2 heterocycles. The minimum absolute atomic E-state index is 0.0158. The third-order valence-corrected chi connectivity index (χ3v) is 4.36. The maximum absolute atomic E-state index is 12.3. The molecule has 1 saturated carbocycles. The molecule has 1 aliphatic carbocycles. The summed E-state index contributed by atoms with van der Waals surface area (Å²) in [5, 5.41) is 0. The van der Waals surface area contributed by atoms with Crippen molar-refractivity contribution >= 4 is 5.91 Å². The second-order valence-corrected chi connectivity index (χ2v) is 5.53. The van der Waals surface area contributed by atoms with Crippen molar-refractivity contribution in [1.29, 1.82) is 0 Å². The fraction of sp³-hybridized carbons (Fsp3) is 0.571. The fourth-order valence-corrected chi connectivity index (χ4v) is 3.26. The Labute approximate surface area is 106 Å². The van der Waals surface area contributed by atoms with Crippen LogP contribution in [-0.2, 0) is 7.05 Å². The lowest BCUT2D eigenvalue weighted by Gasteiger charge is -2.17. The summed E-state index contributed by atoms with van der Waals surface area (Å²) in [7, 11) is 1.69. The number of amides is 1. The Balaban J connectivity index is 1.79. The van der Waals surface area contributed by atoms with Gasteiger partial charge < -0.3 is 9.47 Å². The van der Waals surface area contributed by atoms with Crippen LogP contribution in [0.3, 0.4) is 0 Å². The number of rotatable bonds is 1. The third-order valence-electron chi connectivity index (χ3n) is 4.36. The molecular weight excluding hydrogens is 228 g/mol. The normalized spacial score (nSPS) is 26.4. The van der Waals surface area contributed by atoms with Gasteiger partial charge in [-0.15, -0.1) is 0 Å². The molecule has 1 aromatic rings. The van der Waals surface area contributed by atoms with Crippen molar-refractivity contribution in [3.05, 3.63) is 34.2 Å². The number of aromatic nitrogens is 1. The van der Waals surface area contributed by atoms with Gasteiger partial charge in [0.2, 0.25) is 0 Å². The third kappa shape index (κ3) is 1.85. The highest BCUT2D eigenvalue weighted by molar-refractivity contribution is 5.94. The minimum Gasteiger partial charge on any atom is -0.338 e. The second-order valence-electron chi connectivity index (χ2n) is 5.53. The first-order valence-corrected chi connectivity index (χ1v) is 6.61. The van der Waals surface area contributed by atoms with Gasteiger partial charge in [-0.1, -0.05) is 6.42 Å². The van der Waals surface area contributed by atoms with Crippen LogP contribution in [0.5, 0.6) is 0 Å². The number of hydrogen-bond donors (Lipinski definition) is 0. The summed E-state index contributed by atoms with van der Waals surface area (Å²) < 4.78 is 1.48. The molecule has 18 heavy (non-hydrogen) atoms. The van der Waals surface area contributed by atoms with E-state index in [1.807, 2.05) is 4.90 Å². The summed E-state index contributed by atoms with van der Waals surface area (Å²) in [6.45, 7) is 1.75. The van der Waals surface area contributed by atoms with Crippen molar-refractivity contribution in [2.24, 2.45) is 18.9 Å². The molecule has 3 rings (SSSR count). The molecule has 1 amide bonds. The molecule has 1 aromatic heterocycles. The first-order chi connectivity index (χ1) is 8.65. The van der Waals surface area contributed by atoms with E-state index < -0.39 is 0 Å². The van der Waals surface area contributed by atoms with Gasteiger partial charge in [-0.2, -0.15) is 0 Å². The molecule has 0 N–H and O–H groups in total. The van der Waals surface area contributed by atoms with Crippen molar-refractivity contribution < 1.29 is 4.79 Å². The zero-order valence-corrected chi connectivity index (χ0v) is 10.6. The Kier molecular flexibility index (Phi) is 2.73. The van der Waals surface area contributed by atoms with Crippen LogP contribution >= 0.6 is 0 Å². The monoisotopic (exact) mass is 246 g/mol. The van der Waals surface area contributed by atoms with Crippen LogP contribution in [0.4, 0.5) is 0 Å². The zero-order valence-electron chi connectivity index (χ0n) is 10.6. The number of carbonyl (C=O) groups excluding carboxylic acids is 1. The van der Waals surface area contributed by atoms with Crippen LogP contribution in [0, 0.1) is 11.8 Å². The van der Waals surface area contributed by atoms with Gasteiger partial charge in [-0.05, 0) is 30.7 Å². The van der Waals surface area contributed by atoms with Crippen LogP contribution in [0.2, 0.25) is 0 Å². The first kappa shape index (κ1) is 11.5. The Morgan fingerprint density at radius 3 is 2.56 bits per heavy atom. The number of carbonyl (C=O) groups is 1. The summed E-state index contributed by atoms with van der Waals surface area (Å²) in [4.78, 5) is 25.8. The summed E-state index contributed by atoms with van der Waals surface area (Å²) in [6.07, 6.45) is 5.48. The maximum atomic E-state index is 12.3. The molecule has 4 nitrogen and oxygen atoms in total. The van der Waals surface area contributed by atoms with Crippen molar-refractivity contribution in [3.63, 3.8) is 0 Å². The van der Waals surface area contributed by atoms with Gasteiger partial charge >= 0.3 is 0 Å². The largest absolute Gasteiger partial charge is 0.338 e. The molecule has 2 atom stereocenters. The SMILES string of the molecule is Cn1ccc(C(=O)N2CC3CCCC3C2)cc1=O. The van der Waals surface area contributed by atoms with Gasteiger partial charge in [0, 0.05) is 38.0 Å². The minimum atomic E-state index is -0.125. The molecule has 2 unspecified atom stereocenters. The van der Waals surface area contributed by atoms with E-state index >= 15 is 0 Å². The average molecular weight is 246 g/mol. The molecule has 1 aliphatic heterocycles. The second kappa shape index (κ2) is 4.26. The van der Waals surface area contributed by atoms with Gasteiger partial charge in [0.05, 0.1) is 0 Å². The van der Waals surface area contributed by atoms with E-state index in [1.165, 1.54) is 29.9 Å². The number of hydrogen-bond acceptors (Lipinski definition) is 2. The van der Waals surface area contributed by atoms with Crippen LogP contribution in [0.25, 0.3) is 0 Å². The van der Waals surface area contributed by atoms with E-state index in [0.717, 1.165) is 13.1 Å². The van der Waals surface area contributed by atoms with Crippen LogP contribution < -0.4 is 5.56 Å². The van der Waals surface area contributed by atoms with Gasteiger partial charge in [0.1, 0.15) is 0 Å². The van der Waals surface area contributed by atoms with Crippen molar-refractivity contribution in [3.8, 4) is 0 Å². The van der Waals surface area contributed by atoms with Crippen molar-refractivity contribution in [2.45, 2.75) is 19.3 Å². The lowest BCUT2D eigenvalue weighted by atomic mass is 10.0. The van der Waals surface area contributed by atoms with Crippen LogP contribution in [0.15, 0.2) is 23.1 Å². The Morgan fingerprint density at radius 2 is 1.94 bits per heavy atom. The number of fused-ring (bicyclic) bond motifs is 1.